The summed E-state index contributed by atoms with van der Waals surface area (Å²) in [7, 11) is 0. The molecule has 0 amide bonds. The van der Waals surface area contributed by atoms with Gasteiger partial charge in [0.15, 0.2) is 5.65 Å². The molecular weight excluding hydrogens is 296 g/mol. The number of rotatable bonds is 2. The Morgan fingerprint density at radius 3 is 2.67 bits per heavy atom. The van der Waals surface area contributed by atoms with E-state index in [2.05, 4.69) is 9.97 Å². The molecule has 0 aliphatic carbocycles. The second kappa shape index (κ2) is 5.07. The average molecular weight is 308 g/mol. The number of aromatic nitrogens is 3. The van der Waals surface area contributed by atoms with Crippen LogP contribution in [-0.2, 0) is 0 Å². The van der Waals surface area contributed by atoms with Crippen LogP contribution in [0.1, 0.15) is 23.7 Å². The molecule has 0 aliphatic rings. The third kappa shape index (κ3) is 2.27. The Labute approximate surface area is 125 Å². The summed E-state index contributed by atoms with van der Waals surface area (Å²) in [5.41, 5.74) is 2.26. The molecule has 108 valence electrons. The molecule has 6 heteroatoms. The zero-order valence-electron chi connectivity index (χ0n) is 11.4. The monoisotopic (exact) mass is 307 g/mol. The van der Waals surface area contributed by atoms with Crippen molar-refractivity contribution in [2.75, 3.05) is 0 Å². The van der Waals surface area contributed by atoms with Gasteiger partial charge in [0, 0.05) is 12.3 Å². The number of imidazole rings is 1. The number of aryl methyl sites for hydroxylation is 1. The Kier molecular flexibility index (Phi) is 3.37. The number of pyridine rings is 1. The highest BCUT2D eigenvalue weighted by molar-refractivity contribution is 6.20. The molecule has 0 saturated heterocycles. The first-order valence-corrected chi connectivity index (χ1v) is 6.86. The summed E-state index contributed by atoms with van der Waals surface area (Å²) >= 11 is 6.16. The van der Waals surface area contributed by atoms with E-state index in [-0.39, 0.29) is 5.69 Å². The number of hydrogen-bond acceptors (Lipinski definition) is 2. The van der Waals surface area contributed by atoms with Crippen molar-refractivity contribution in [1.29, 1.82) is 0 Å². The Balaban J connectivity index is 2.39. The Bertz CT molecular complexity index is 827. The van der Waals surface area contributed by atoms with E-state index < -0.39 is 17.0 Å². The van der Waals surface area contributed by atoms with Crippen LogP contribution in [0.3, 0.4) is 0 Å². The molecule has 1 atom stereocenters. The molecule has 0 aliphatic heterocycles. The van der Waals surface area contributed by atoms with Gasteiger partial charge in [0.2, 0.25) is 0 Å². The van der Waals surface area contributed by atoms with Crippen molar-refractivity contribution in [2.45, 2.75) is 19.2 Å². The van der Waals surface area contributed by atoms with E-state index in [0.29, 0.717) is 17.0 Å². The van der Waals surface area contributed by atoms with Crippen LogP contribution in [0, 0.1) is 18.6 Å². The molecule has 2 aromatic heterocycles. The molecule has 1 unspecified atom stereocenters. The largest absolute Gasteiger partial charge is 0.276 e. The highest BCUT2D eigenvalue weighted by Crippen LogP contribution is 2.29. The van der Waals surface area contributed by atoms with Crippen molar-refractivity contribution < 1.29 is 8.78 Å². The minimum Gasteiger partial charge on any atom is -0.276 e. The summed E-state index contributed by atoms with van der Waals surface area (Å²) in [6.07, 6.45) is 1.62. The fourth-order valence-corrected chi connectivity index (χ4v) is 2.42. The van der Waals surface area contributed by atoms with Crippen LogP contribution < -0.4 is 0 Å². The molecule has 2 heterocycles. The van der Waals surface area contributed by atoms with E-state index in [1.807, 2.05) is 13.0 Å². The third-order valence-electron chi connectivity index (χ3n) is 3.28. The van der Waals surface area contributed by atoms with Crippen molar-refractivity contribution in [1.82, 2.24) is 14.5 Å². The molecule has 0 fully saturated rings. The maximum Gasteiger partial charge on any atom is 0.165 e. The van der Waals surface area contributed by atoms with E-state index in [1.54, 1.807) is 13.1 Å². The summed E-state index contributed by atoms with van der Waals surface area (Å²) in [5.74, 6) is -0.847. The van der Waals surface area contributed by atoms with Gasteiger partial charge in [0.05, 0.1) is 11.1 Å². The van der Waals surface area contributed by atoms with Crippen LogP contribution in [0.15, 0.2) is 30.5 Å². The van der Waals surface area contributed by atoms with E-state index in [1.165, 1.54) is 16.7 Å². The van der Waals surface area contributed by atoms with Crippen molar-refractivity contribution in [3.63, 3.8) is 0 Å². The van der Waals surface area contributed by atoms with E-state index in [9.17, 15) is 8.78 Å². The van der Waals surface area contributed by atoms with E-state index in [0.717, 1.165) is 11.6 Å². The predicted octanol–water partition coefficient (Wildman–Crippen LogP) is 4.31. The Hall–Kier alpha value is -2.01. The van der Waals surface area contributed by atoms with Gasteiger partial charge >= 0.3 is 0 Å². The van der Waals surface area contributed by atoms with Gasteiger partial charge in [-0.1, -0.05) is 0 Å². The smallest absolute Gasteiger partial charge is 0.165 e. The average Bonchev–Trinajstić information content (AvgIpc) is 2.80. The minimum absolute atomic E-state index is 0.180. The first kappa shape index (κ1) is 13.9. The Morgan fingerprint density at radius 1 is 1.24 bits per heavy atom. The predicted molar refractivity (Wildman–Crippen MR) is 77.8 cm³/mol. The normalized spacial score (nSPS) is 12.8. The van der Waals surface area contributed by atoms with E-state index >= 15 is 0 Å². The second-order valence-electron chi connectivity index (χ2n) is 4.82. The summed E-state index contributed by atoms with van der Waals surface area (Å²) in [4.78, 5) is 8.73. The summed E-state index contributed by atoms with van der Waals surface area (Å²) in [6, 6.07) is 5.21. The van der Waals surface area contributed by atoms with Gasteiger partial charge in [-0.2, -0.15) is 0 Å². The zero-order valence-corrected chi connectivity index (χ0v) is 12.2. The van der Waals surface area contributed by atoms with Crippen molar-refractivity contribution in [3.8, 4) is 5.69 Å². The molecule has 0 radical (unpaired) electrons. The highest BCUT2D eigenvalue weighted by Gasteiger charge is 2.20. The van der Waals surface area contributed by atoms with Gasteiger partial charge in [-0.05, 0) is 37.6 Å². The molecule has 0 bridgehead atoms. The number of fused-ring (bicyclic) bond motifs is 1. The van der Waals surface area contributed by atoms with Gasteiger partial charge in [-0.15, -0.1) is 11.6 Å². The zero-order chi connectivity index (χ0) is 15.1. The maximum atomic E-state index is 14.1. The SMILES string of the molecule is Cc1ccnc2c1nc(C(C)Cl)n2-c1ccc(F)cc1F. The fraction of sp³-hybridized carbons (Fsp3) is 0.200. The molecule has 21 heavy (non-hydrogen) atoms. The number of nitrogens with zero attached hydrogens (tertiary/aromatic N) is 3. The summed E-state index contributed by atoms with van der Waals surface area (Å²) < 4.78 is 28.8. The third-order valence-corrected chi connectivity index (χ3v) is 3.48. The van der Waals surface area contributed by atoms with Gasteiger partial charge in [0.1, 0.15) is 23.0 Å². The van der Waals surface area contributed by atoms with Crippen LogP contribution in [0.4, 0.5) is 8.78 Å². The van der Waals surface area contributed by atoms with Crippen molar-refractivity contribution in [2.24, 2.45) is 0 Å². The highest BCUT2D eigenvalue weighted by atomic mass is 35.5. The van der Waals surface area contributed by atoms with Crippen molar-refractivity contribution in [3.05, 3.63) is 53.5 Å². The van der Waals surface area contributed by atoms with Crippen LogP contribution >= 0.6 is 11.6 Å². The lowest BCUT2D eigenvalue weighted by molar-refractivity contribution is 0.577. The number of halogens is 3. The van der Waals surface area contributed by atoms with Gasteiger partial charge in [-0.3, -0.25) is 4.57 Å². The molecule has 3 rings (SSSR count). The lowest BCUT2D eigenvalue weighted by Crippen LogP contribution is -2.05. The molecule has 3 nitrogen and oxygen atoms in total. The van der Waals surface area contributed by atoms with Gasteiger partial charge in [0.25, 0.3) is 0 Å². The Morgan fingerprint density at radius 2 is 2.00 bits per heavy atom. The van der Waals surface area contributed by atoms with Crippen LogP contribution in [-0.4, -0.2) is 14.5 Å². The van der Waals surface area contributed by atoms with E-state index in [4.69, 9.17) is 11.6 Å². The topological polar surface area (TPSA) is 30.7 Å². The lowest BCUT2D eigenvalue weighted by atomic mass is 10.2. The first-order chi connectivity index (χ1) is 9.99. The number of benzene rings is 1. The maximum absolute atomic E-state index is 14.1. The number of alkyl halides is 1. The van der Waals surface area contributed by atoms with Crippen LogP contribution in [0.2, 0.25) is 0 Å². The molecule has 1 aromatic carbocycles. The van der Waals surface area contributed by atoms with Crippen LogP contribution in [0.25, 0.3) is 16.9 Å². The second-order valence-corrected chi connectivity index (χ2v) is 5.47. The van der Waals surface area contributed by atoms with Gasteiger partial charge in [-0.25, -0.2) is 18.7 Å². The summed E-state index contributed by atoms with van der Waals surface area (Å²) in [6.45, 7) is 3.64. The lowest BCUT2D eigenvalue weighted by Gasteiger charge is -2.11. The van der Waals surface area contributed by atoms with Gasteiger partial charge < -0.3 is 0 Å². The minimum atomic E-state index is -0.684. The van der Waals surface area contributed by atoms with Crippen LogP contribution in [0.5, 0.6) is 0 Å². The molecule has 0 spiro atoms. The standard InChI is InChI=1S/C15H12ClF2N3/c1-8-5-6-19-15-13(8)20-14(9(2)16)21(15)12-4-3-10(17)7-11(12)18/h3-7,9H,1-2H3. The van der Waals surface area contributed by atoms with Crippen molar-refractivity contribution >= 4 is 22.8 Å². The number of hydrogen-bond donors (Lipinski definition) is 0. The fourth-order valence-electron chi connectivity index (χ4n) is 2.28. The first-order valence-electron chi connectivity index (χ1n) is 6.42. The molecular formula is C15H12ClF2N3. The molecule has 0 saturated carbocycles. The molecule has 0 N–H and O–H groups in total. The quantitative estimate of drug-likeness (QED) is 0.661. The molecule has 3 aromatic rings. The summed E-state index contributed by atoms with van der Waals surface area (Å²) in [5, 5.41) is -0.442.